The number of amides is 1. The minimum absolute atomic E-state index is 0.197. The summed E-state index contributed by atoms with van der Waals surface area (Å²) in [5.41, 5.74) is 2.21. The molecule has 0 radical (unpaired) electrons. The van der Waals surface area contributed by atoms with Gasteiger partial charge in [-0.2, -0.15) is 4.98 Å². The van der Waals surface area contributed by atoms with Crippen LogP contribution in [0.3, 0.4) is 0 Å². The number of carbonyl (C=O) groups is 1. The van der Waals surface area contributed by atoms with Crippen molar-refractivity contribution in [3.8, 4) is 34.6 Å². The molecule has 2 aromatic carbocycles. The van der Waals surface area contributed by atoms with Gasteiger partial charge in [-0.3, -0.25) is 4.79 Å². The van der Waals surface area contributed by atoms with Gasteiger partial charge in [-0.05, 0) is 55.3 Å². The number of ether oxygens (including phenoxy) is 3. The van der Waals surface area contributed by atoms with E-state index in [0.717, 1.165) is 11.3 Å². The molecule has 4 rings (SSSR count). The van der Waals surface area contributed by atoms with Crippen LogP contribution in [0.5, 0.6) is 17.5 Å². The van der Waals surface area contributed by atoms with Gasteiger partial charge in [-0.15, -0.1) is 16.7 Å². The first kappa shape index (κ1) is 21.0. The molecule has 31 heavy (non-hydrogen) atoms. The molecule has 1 atom stereocenters. The van der Waals surface area contributed by atoms with Gasteiger partial charge in [0.25, 0.3) is 0 Å². The average Bonchev–Trinajstić information content (AvgIpc) is 3.39. The van der Waals surface area contributed by atoms with E-state index in [1.54, 1.807) is 23.7 Å². The van der Waals surface area contributed by atoms with Crippen LogP contribution in [0.15, 0.2) is 42.5 Å². The van der Waals surface area contributed by atoms with Gasteiger partial charge in [0.1, 0.15) is 5.38 Å². The van der Waals surface area contributed by atoms with Crippen molar-refractivity contribution >= 4 is 23.2 Å². The summed E-state index contributed by atoms with van der Waals surface area (Å²) >= 11 is 5.82. The Morgan fingerprint density at radius 2 is 1.90 bits per heavy atom. The summed E-state index contributed by atoms with van der Waals surface area (Å²) in [6.07, 6.45) is 0. The largest absolute Gasteiger partial charge is 0.462 e. The zero-order valence-electron chi connectivity index (χ0n) is 17.5. The summed E-state index contributed by atoms with van der Waals surface area (Å²) in [6, 6.07) is 13.1. The normalized spacial score (nSPS) is 13.3. The lowest BCUT2D eigenvalue weighted by Gasteiger charge is -2.09. The van der Waals surface area contributed by atoms with E-state index in [2.05, 4.69) is 29.2 Å². The van der Waals surface area contributed by atoms with Crippen molar-refractivity contribution in [2.24, 2.45) is 5.92 Å². The maximum atomic E-state index is 11.8. The molecule has 0 spiro atoms. The summed E-state index contributed by atoms with van der Waals surface area (Å²) in [6.45, 7) is 6.44. The van der Waals surface area contributed by atoms with Gasteiger partial charge in [0.2, 0.25) is 12.7 Å². The summed E-state index contributed by atoms with van der Waals surface area (Å²) in [5.74, 6) is 2.03. The predicted molar refractivity (Wildman–Crippen MR) is 117 cm³/mol. The van der Waals surface area contributed by atoms with Crippen molar-refractivity contribution in [1.29, 1.82) is 0 Å². The number of anilines is 1. The summed E-state index contributed by atoms with van der Waals surface area (Å²) in [4.78, 5) is 16.4. The lowest BCUT2D eigenvalue weighted by molar-refractivity contribution is -0.115. The second-order valence-electron chi connectivity index (χ2n) is 7.55. The van der Waals surface area contributed by atoms with E-state index < -0.39 is 5.38 Å². The molecule has 8 nitrogen and oxygen atoms in total. The fourth-order valence-electron chi connectivity index (χ4n) is 2.93. The Morgan fingerprint density at radius 3 is 2.61 bits per heavy atom. The van der Waals surface area contributed by atoms with Crippen LogP contribution in [0.2, 0.25) is 0 Å². The van der Waals surface area contributed by atoms with Crippen LogP contribution >= 0.6 is 11.6 Å². The maximum absolute atomic E-state index is 11.8. The minimum atomic E-state index is -0.617. The molecule has 162 valence electrons. The highest BCUT2D eigenvalue weighted by molar-refractivity contribution is 6.32. The third-order valence-corrected chi connectivity index (χ3v) is 4.70. The van der Waals surface area contributed by atoms with E-state index in [-0.39, 0.29) is 18.7 Å². The molecular formula is C22H23ClN4O4. The Hall–Kier alpha value is -3.26. The average molecular weight is 443 g/mol. The monoisotopic (exact) mass is 442 g/mol. The Kier molecular flexibility index (Phi) is 5.99. The SMILES string of the molecule is CC(C)COc1nc(-c2ccc3c(c2)OCO3)n(-c2ccc(NC(=O)C(C)Cl)cc2)n1. The van der Waals surface area contributed by atoms with E-state index in [0.29, 0.717) is 35.5 Å². The number of nitrogens with zero attached hydrogens (tertiary/aromatic N) is 3. The lowest BCUT2D eigenvalue weighted by Crippen LogP contribution is -2.20. The molecule has 0 aliphatic carbocycles. The quantitative estimate of drug-likeness (QED) is 0.550. The van der Waals surface area contributed by atoms with Gasteiger partial charge in [-0.1, -0.05) is 13.8 Å². The van der Waals surface area contributed by atoms with E-state index in [9.17, 15) is 4.79 Å². The van der Waals surface area contributed by atoms with E-state index in [1.165, 1.54) is 0 Å². The van der Waals surface area contributed by atoms with Gasteiger partial charge >= 0.3 is 6.01 Å². The van der Waals surface area contributed by atoms with Gasteiger partial charge in [-0.25, -0.2) is 4.68 Å². The number of carbonyl (C=O) groups excluding carboxylic acids is 1. The van der Waals surface area contributed by atoms with Crippen molar-refractivity contribution in [1.82, 2.24) is 14.8 Å². The zero-order chi connectivity index (χ0) is 22.0. The van der Waals surface area contributed by atoms with Crippen molar-refractivity contribution < 1.29 is 19.0 Å². The molecule has 1 unspecified atom stereocenters. The van der Waals surface area contributed by atoms with Crippen LogP contribution in [0, 0.1) is 5.92 Å². The van der Waals surface area contributed by atoms with Gasteiger partial charge < -0.3 is 19.5 Å². The molecule has 0 fully saturated rings. The molecule has 1 amide bonds. The first-order valence-electron chi connectivity index (χ1n) is 9.96. The van der Waals surface area contributed by atoms with E-state index >= 15 is 0 Å². The molecular weight excluding hydrogens is 420 g/mol. The fourth-order valence-corrected chi connectivity index (χ4v) is 2.98. The molecule has 2 heterocycles. The van der Waals surface area contributed by atoms with Crippen LogP contribution < -0.4 is 19.5 Å². The summed E-state index contributed by atoms with van der Waals surface area (Å²) in [7, 11) is 0. The van der Waals surface area contributed by atoms with Crippen LogP contribution in [0.25, 0.3) is 17.1 Å². The second kappa shape index (κ2) is 8.85. The summed E-state index contributed by atoms with van der Waals surface area (Å²) < 4.78 is 18.4. The standard InChI is InChI=1S/C22H23ClN4O4/c1-13(2)11-29-22-25-20(15-4-9-18-19(10-15)31-12-30-18)27(26-22)17-7-5-16(6-8-17)24-21(28)14(3)23/h4-10,13-14H,11-12H2,1-3H3,(H,24,28). The Balaban J connectivity index is 1.68. The molecule has 0 bridgehead atoms. The van der Waals surface area contributed by atoms with Crippen LogP contribution in [0.4, 0.5) is 5.69 Å². The first-order valence-corrected chi connectivity index (χ1v) is 10.4. The number of aromatic nitrogens is 3. The van der Waals surface area contributed by atoms with Crippen LogP contribution in [-0.4, -0.2) is 39.4 Å². The molecule has 3 aromatic rings. The highest BCUT2D eigenvalue weighted by Gasteiger charge is 2.20. The number of rotatable bonds is 7. The second-order valence-corrected chi connectivity index (χ2v) is 8.21. The number of hydrogen-bond acceptors (Lipinski definition) is 6. The molecule has 9 heteroatoms. The van der Waals surface area contributed by atoms with Crippen LogP contribution in [0.1, 0.15) is 20.8 Å². The molecule has 0 saturated heterocycles. The highest BCUT2D eigenvalue weighted by Crippen LogP contribution is 2.36. The number of fused-ring (bicyclic) bond motifs is 1. The third-order valence-electron chi connectivity index (χ3n) is 4.50. The van der Waals surface area contributed by atoms with E-state index in [1.807, 2.05) is 30.3 Å². The van der Waals surface area contributed by atoms with Crippen molar-refractivity contribution in [2.75, 3.05) is 18.7 Å². The van der Waals surface area contributed by atoms with E-state index in [4.69, 9.17) is 25.8 Å². The smallest absolute Gasteiger partial charge is 0.336 e. The summed E-state index contributed by atoms with van der Waals surface area (Å²) in [5, 5.41) is 6.69. The van der Waals surface area contributed by atoms with Crippen LogP contribution in [-0.2, 0) is 4.79 Å². The predicted octanol–water partition coefficient (Wildman–Crippen LogP) is 4.26. The molecule has 1 aliphatic rings. The van der Waals surface area contributed by atoms with Crippen molar-refractivity contribution in [3.05, 3.63) is 42.5 Å². The number of halogens is 1. The number of alkyl halides is 1. The maximum Gasteiger partial charge on any atom is 0.336 e. The van der Waals surface area contributed by atoms with Gasteiger partial charge in [0, 0.05) is 11.3 Å². The van der Waals surface area contributed by atoms with Crippen molar-refractivity contribution in [2.45, 2.75) is 26.1 Å². The Bertz CT molecular complexity index is 1080. The molecule has 1 aliphatic heterocycles. The van der Waals surface area contributed by atoms with Crippen molar-refractivity contribution in [3.63, 3.8) is 0 Å². The first-order chi connectivity index (χ1) is 14.9. The molecule has 1 N–H and O–H groups in total. The van der Waals surface area contributed by atoms with Gasteiger partial charge in [0.15, 0.2) is 17.3 Å². The lowest BCUT2D eigenvalue weighted by atomic mass is 10.2. The number of benzene rings is 2. The Morgan fingerprint density at radius 1 is 1.16 bits per heavy atom. The third kappa shape index (κ3) is 4.74. The molecule has 1 aromatic heterocycles. The number of hydrogen-bond donors (Lipinski definition) is 1. The zero-order valence-corrected chi connectivity index (χ0v) is 18.2. The minimum Gasteiger partial charge on any atom is -0.462 e. The number of nitrogens with one attached hydrogen (secondary N) is 1. The highest BCUT2D eigenvalue weighted by atomic mass is 35.5. The fraction of sp³-hybridized carbons (Fsp3) is 0.318. The van der Waals surface area contributed by atoms with Gasteiger partial charge in [0.05, 0.1) is 12.3 Å². The topological polar surface area (TPSA) is 87.5 Å². The molecule has 0 saturated carbocycles. The Labute approximate surface area is 185 Å².